The summed E-state index contributed by atoms with van der Waals surface area (Å²) in [5.74, 6) is -0.862. The minimum atomic E-state index is -0.587. The quantitative estimate of drug-likeness (QED) is 0.514. The molecule has 37 heavy (non-hydrogen) atoms. The Labute approximate surface area is 214 Å². The first kappa shape index (κ1) is 25.2. The SMILES string of the molecule is CN1C(C)(C)CC(Nc2nc(Nc3cc(-n4nnn(C)c4=O)c(C4CC4)cc3F)ncc2F)CC1(C)C. The van der Waals surface area contributed by atoms with E-state index in [4.69, 9.17) is 0 Å². The molecule has 1 aliphatic heterocycles. The number of likely N-dealkylation sites (tertiary alicyclic amines) is 1. The second kappa shape index (κ2) is 8.86. The number of anilines is 3. The zero-order chi connectivity index (χ0) is 26.7. The normalized spacial score (nSPS) is 19.7. The number of tetrazole rings is 1. The smallest absolute Gasteiger partial charge is 0.365 e. The van der Waals surface area contributed by atoms with Gasteiger partial charge in [-0.05, 0) is 94.5 Å². The Bertz CT molecular complexity index is 1380. The lowest BCUT2D eigenvalue weighted by molar-refractivity contribution is -0.00778. The summed E-state index contributed by atoms with van der Waals surface area (Å²) in [6.45, 7) is 8.67. The number of aryl methyl sites for hydroxylation is 1. The van der Waals surface area contributed by atoms with Gasteiger partial charge in [0.15, 0.2) is 11.6 Å². The standard InChI is InChI=1S/C25H33F2N9O/c1-24(2)11-15(12-25(3,4)35(24)6)29-21-18(27)13-28-22(31-21)30-19-10-20(36-23(37)34(5)32-33-36)16(9-17(19)26)14-7-8-14/h9-10,13-15H,7-8,11-12H2,1-6H3,(H2,28,29,30,31). The van der Waals surface area contributed by atoms with Gasteiger partial charge in [-0.25, -0.2) is 18.6 Å². The molecule has 2 aromatic heterocycles. The second-order valence-corrected chi connectivity index (χ2v) is 11.4. The van der Waals surface area contributed by atoms with Crippen molar-refractivity contribution >= 4 is 17.5 Å². The predicted molar refractivity (Wildman–Crippen MR) is 136 cm³/mol. The van der Waals surface area contributed by atoms with Gasteiger partial charge in [0.05, 0.1) is 17.6 Å². The molecule has 3 heterocycles. The number of nitrogens with zero attached hydrogens (tertiary/aromatic N) is 7. The summed E-state index contributed by atoms with van der Waals surface area (Å²) >= 11 is 0. The van der Waals surface area contributed by atoms with E-state index in [2.05, 4.69) is 70.7 Å². The average molecular weight is 514 g/mol. The molecule has 1 aromatic carbocycles. The van der Waals surface area contributed by atoms with E-state index in [1.165, 1.54) is 19.2 Å². The van der Waals surface area contributed by atoms with Crippen LogP contribution in [0.3, 0.4) is 0 Å². The molecule has 0 bridgehead atoms. The third-order valence-corrected chi connectivity index (χ3v) is 7.72. The molecule has 1 aliphatic carbocycles. The van der Waals surface area contributed by atoms with Crippen LogP contribution in [0.2, 0.25) is 0 Å². The number of hydrogen-bond donors (Lipinski definition) is 2. The first-order valence-corrected chi connectivity index (χ1v) is 12.5. The number of hydrogen-bond acceptors (Lipinski definition) is 8. The summed E-state index contributed by atoms with van der Waals surface area (Å²) in [5, 5.41) is 13.8. The lowest BCUT2D eigenvalue weighted by Crippen LogP contribution is -2.61. The van der Waals surface area contributed by atoms with Crippen LogP contribution in [0.5, 0.6) is 0 Å². The van der Waals surface area contributed by atoms with E-state index in [9.17, 15) is 9.18 Å². The van der Waals surface area contributed by atoms with Crippen LogP contribution < -0.4 is 16.3 Å². The third kappa shape index (κ3) is 4.81. The van der Waals surface area contributed by atoms with Gasteiger partial charge in [0.1, 0.15) is 5.82 Å². The van der Waals surface area contributed by atoms with E-state index in [1.807, 2.05) is 0 Å². The van der Waals surface area contributed by atoms with Crippen LogP contribution in [-0.2, 0) is 7.05 Å². The van der Waals surface area contributed by atoms with E-state index in [-0.39, 0.29) is 40.5 Å². The van der Waals surface area contributed by atoms with Gasteiger partial charge in [-0.3, -0.25) is 4.90 Å². The number of rotatable bonds is 6. The molecular formula is C25H33F2N9O. The molecule has 3 aromatic rings. The maximum atomic E-state index is 15.1. The minimum Gasteiger partial charge on any atom is -0.365 e. The number of halogens is 2. The molecule has 10 nitrogen and oxygen atoms in total. The van der Waals surface area contributed by atoms with Crippen molar-refractivity contribution in [2.75, 3.05) is 17.7 Å². The van der Waals surface area contributed by atoms with Crippen molar-refractivity contribution in [2.24, 2.45) is 7.05 Å². The third-order valence-electron chi connectivity index (χ3n) is 7.72. The number of nitrogens with one attached hydrogen (secondary N) is 2. The summed E-state index contributed by atoms with van der Waals surface area (Å²) in [6.07, 6.45) is 4.48. The van der Waals surface area contributed by atoms with Crippen LogP contribution in [0.25, 0.3) is 5.69 Å². The molecule has 1 saturated heterocycles. The Morgan fingerprint density at radius 1 is 1.00 bits per heavy atom. The van der Waals surface area contributed by atoms with Crippen molar-refractivity contribution in [2.45, 2.75) is 76.4 Å². The van der Waals surface area contributed by atoms with Gasteiger partial charge < -0.3 is 10.6 Å². The highest BCUT2D eigenvalue weighted by Gasteiger charge is 2.43. The fourth-order valence-corrected chi connectivity index (χ4v) is 5.36. The van der Waals surface area contributed by atoms with E-state index < -0.39 is 17.3 Å². The fraction of sp³-hybridized carbons (Fsp3) is 0.560. The summed E-state index contributed by atoms with van der Waals surface area (Å²) < 4.78 is 32.1. The summed E-state index contributed by atoms with van der Waals surface area (Å²) in [6, 6.07) is 2.89. The highest BCUT2D eigenvalue weighted by Crippen LogP contribution is 2.44. The zero-order valence-corrected chi connectivity index (χ0v) is 22.0. The first-order chi connectivity index (χ1) is 17.4. The van der Waals surface area contributed by atoms with Gasteiger partial charge in [-0.1, -0.05) is 0 Å². The topological polar surface area (TPSA) is 106 Å². The Morgan fingerprint density at radius 3 is 2.27 bits per heavy atom. The van der Waals surface area contributed by atoms with E-state index in [0.717, 1.165) is 41.2 Å². The van der Waals surface area contributed by atoms with Crippen molar-refractivity contribution in [3.8, 4) is 5.69 Å². The van der Waals surface area contributed by atoms with Crippen LogP contribution in [0, 0.1) is 11.6 Å². The molecule has 0 amide bonds. The summed E-state index contributed by atoms with van der Waals surface area (Å²) in [5.41, 5.74) is 0.571. The monoisotopic (exact) mass is 513 g/mol. The van der Waals surface area contributed by atoms with Crippen molar-refractivity contribution in [3.05, 3.63) is 46.0 Å². The average Bonchev–Trinajstić information content (AvgIpc) is 3.61. The molecule has 0 radical (unpaired) electrons. The molecule has 0 unspecified atom stereocenters. The van der Waals surface area contributed by atoms with Crippen molar-refractivity contribution < 1.29 is 8.78 Å². The molecule has 0 atom stereocenters. The van der Waals surface area contributed by atoms with E-state index >= 15 is 4.39 Å². The van der Waals surface area contributed by atoms with Crippen LogP contribution in [0.15, 0.2) is 23.1 Å². The second-order valence-electron chi connectivity index (χ2n) is 11.4. The molecular weight excluding hydrogens is 480 g/mol. The number of aromatic nitrogens is 6. The van der Waals surface area contributed by atoms with E-state index in [1.54, 1.807) is 0 Å². The fourth-order valence-electron chi connectivity index (χ4n) is 5.36. The summed E-state index contributed by atoms with van der Waals surface area (Å²) in [4.78, 5) is 23.2. The summed E-state index contributed by atoms with van der Waals surface area (Å²) in [7, 11) is 3.61. The number of piperidine rings is 1. The van der Waals surface area contributed by atoms with Crippen LogP contribution in [0.4, 0.5) is 26.2 Å². The van der Waals surface area contributed by atoms with Crippen molar-refractivity contribution in [1.82, 2.24) is 34.7 Å². The zero-order valence-electron chi connectivity index (χ0n) is 22.0. The molecule has 2 N–H and O–H groups in total. The molecule has 1 saturated carbocycles. The largest absolute Gasteiger partial charge is 0.368 e. The Balaban J connectivity index is 1.44. The van der Waals surface area contributed by atoms with Crippen LogP contribution in [0.1, 0.15) is 64.9 Å². The Kier molecular flexibility index (Phi) is 6.05. The lowest BCUT2D eigenvalue weighted by Gasteiger charge is -2.53. The highest BCUT2D eigenvalue weighted by molar-refractivity contribution is 5.62. The molecule has 12 heteroatoms. The first-order valence-electron chi connectivity index (χ1n) is 12.5. The van der Waals surface area contributed by atoms with Gasteiger partial charge in [0.2, 0.25) is 5.95 Å². The van der Waals surface area contributed by atoms with Crippen LogP contribution >= 0.6 is 0 Å². The highest BCUT2D eigenvalue weighted by atomic mass is 19.1. The van der Waals surface area contributed by atoms with Gasteiger partial charge in [0, 0.05) is 24.2 Å². The maximum Gasteiger partial charge on any atom is 0.368 e. The van der Waals surface area contributed by atoms with Gasteiger partial charge in [0.25, 0.3) is 0 Å². The molecule has 0 spiro atoms. The predicted octanol–water partition coefficient (Wildman–Crippen LogP) is 3.72. The Morgan fingerprint density at radius 2 is 1.68 bits per heavy atom. The number of benzene rings is 1. The molecule has 198 valence electrons. The molecule has 5 rings (SSSR count). The molecule has 2 aliphatic rings. The lowest BCUT2D eigenvalue weighted by atomic mass is 9.77. The molecule has 2 fully saturated rings. The maximum absolute atomic E-state index is 15.1. The van der Waals surface area contributed by atoms with Gasteiger partial charge in [-0.2, -0.15) is 14.3 Å². The van der Waals surface area contributed by atoms with Crippen molar-refractivity contribution in [3.63, 3.8) is 0 Å². The van der Waals surface area contributed by atoms with Gasteiger partial charge in [-0.15, -0.1) is 0 Å². The van der Waals surface area contributed by atoms with Crippen molar-refractivity contribution in [1.29, 1.82) is 0 Å². The Hall–Kier alpha value is -3.41. The van der Waals surface area contributed by atoms with Gasteiger partial charge >= 0.3 is 5.69 Å². The van der Waals surface area contributed by atoms with Crippen LogP contribution in [-0.4, -0.2) is 58.8 Å². The van der Waals surface area contributed by atoms with E-state index in [0.29, 0.717) is 11.3 Å². The minimum absolute atomic E-state index is 0.0110.